The van der Waals surface area contributed by atoms with Crippen molar-refractivity contribution >= 4 is 11.7 Å². The zero-order valence-corrected chi connectivity index (χ0v) is 13.0. The molecule has 116 valence electrons. The minimum absolute atomic E-state index is 0.0742. The molecule has 0 aliphatic rings. The molecule has 1 aromatic carbocycles. The Kier molecular flexibility index (Phi) is 5.36. The van der Waals surface area contributed by atoms with Crippen LogP contribution in [-0.2, 0) is 4.74 Å². The number of aromatic nitrogens is 1. The molecule has 1 N–H and O–H groups in total. The lowest BCUT2D eigenvalue weighted by atomic mass is 10.1. The van der Waals surface area contributed by atoms with Crippen molar-refractivity contribution in [3.63, 3.8) is 0 Å². The number of hydrogen-bond acceptors (Lipinski definition) is 5. The first-order chi connectivity index (χ1) is 10.6. The van der Waals surface area contributed by atoms with Crippen molar-refractivity contribution in [1.29, 1.82) is 0 Å². The highest BCUT2D eigenvalue weighted by Gasteiger charge is 2.10. The molecule has 2 rings (SSSR count). The van der Waals surface area contributed by atoms with E-state index in [9.17, 15) is 4.79 Å². The van der Waals surface area contributed by atoms with Gasteiger partial charge in [-0.1, -0.05) is 12.1 Å². The molecule has 1 heterocycles. The highest BCUT2D eigenvalue weighted by molar-refractivity contribution is 5.90. The summed E-state index contributed by atoms with van der Waals surface area (Å²) in [5.74, 6) is 0.456. The highest BCUT2D eigenvalue weighted by Crippen LogP contribution is 2.21. The summed E-state index contributed by atoms with van der Waals surface area (Å²) in [5.41, 5.74) is 2.32. The van der Waals surface area contributed by atoms with Crippen LogP contribution in [0.1, 0.15) is 35.8 Å². The number of carbonyl (C=O) groups excluding carboxylic acids is 1. The first-order valence-electron chi connectivity index (χ1n) is 7.16. The van der Waals surface area contributed by atoms with Gasteiger partial charge in [0.05, 0.1) is 25.0 Å². The zero-order valence-electron chi connectivity index (χ0n) is 13.0. The number of esters is 1. The van der Waals surface area contributed by atoms with Gasteiger partial charge in [0.1, 0.15) is 5.75 Å². The molecule has 0 fully saturated rings. The Bertz CT molecular complexity index is 626. The van der Waals surface area contributed by atoms with Crippen LogP contribution in [0.2, 0.25) is 0 Å². The lowest BCUT2D eigenvalue weighted by molar-refractivity contribution is 0.0526. The van der Waals surface area contributed by atoms with Gasteiger partial charge in [0.25, 0.3) is 0 Å². The second-order valence-corrected chi connectivity index (χ2v) is 4.82. The fourth-order valence-corrected chi connectivity index (χ4v) is 2.07. The Morgan fingerprint density at radius 3 is 2.64 bits per heavy atom. The van der Waals surface area contributed by atoms with Crippen molar-refractivity contribution in [2.45, 2.75) is 19.9 Å². The number of carbonyl (C=O) groups is 1. The molecular formula is C17H20N2O3. The van der Waals surface area contributed by atoms with Crippen LogP contribution in [0.15, 0.2) is 42.7 Å². The molecule has 5 heteroatoms. The third kappa shape index (κ3) is 3.97. The number of pyridine rings is 1. The minimum Gasteiger partial charge on any atom is -0.497 e. The molecule has 22 heavy (non-hydrogen) atoms. The van der Waals surface area contributed by atoms with Crippen molar-refractivity contribution in [3.8, 4) is 5.75 Å². The monoisotopic (exact) mass is 300 g/mol. The molecule has 1 aromatic heterocycles. The molecule has 1 atom stereocenters. The van der Waals surface area contributed by atoms with E-state index in [4.69, 9.17) is 9.47 Å². The summed E-state index contributed by atoms with van der Waals surface area (Å²) in [6, 6.07) is 9.65. The first kappa shape index (κ1) is 15.8. The maximum atomic E-state index is 11.7. The first-order valence-corrected chi connectivity index (χ1v) is 7.16. The van der Waals surface area contributed by atoms with Gasteiger partial charge in [0, 0.05) is 18.4 Å². The lowest BCUT2D eigenvalue weighted by Gasteiger charge is -2.16. The number of rotatable bonds is 6. The normalized spacial score (nSPS) is 11.6. The Hall–Kier alpha value is -2.56. The van der Waals surface area contributed by atoms with E-state index < -0.39 is 0 Å². The maximum Gasteiger partial charge on any atom is 0.339 e. The quantitative estimate of drug-likeness (QED) is 0.828. The Balaban J connectivity index is 2.08. The summed E-state index contributed by atoms with van der Waals surface area (Å²) in [7, 11) is 1.64. The number of benzene rings is 1. The van der Waals surface area contributed by atoms with Gasteiger partial charge in [-0.2, -0.15) is 0 Å². The smallest absolute Gasteiger partial charge is 0.339 e. The van der Waals surface area contributed by atoms with Gasteiger partial charge in [0.2, 0.25) is 0 Å². The van der Waals surface area contributed by atoms with Crippen LogP contribution in [0.4, 0.5) is 5.69 Å². The van der Waals surface area contributed by atoms with E-state index >= 15 is 0 Å². The largest absolute Gasteiger partial charge is 0.497 e. The van der Waals surface area contributed by atoms with Gasteiger partial charge < -0.3 is 14.8 Å². The average Bonchev–Trinajstić information content (AvgIpc) is 2.55. The second-order valence-electron chi connectivity index (χ2n) is 4.82. The van der Waals surface area contributed by atoms with E-state index in [1.54, 1.807) is 26.3 Å². The molecule has 1 unspecified atom stereocenters. The third-order valence-corrected chi connectivity index (χ3v) is 3.25. The molecule has 0 saturated heterocycles. The number of ether oxygens (including phenoxy) is 2. The fraction of sp³-hybridized carbons (Fsp3) is 0.294. The van der Waals surface area contributed by atoms with Crippen molar-refractivity contribution in [2.24, 2.45) is 0 Å². The Morgan fingerprint density at radius 2 is 2.00 bits per heavy atom. The SMILES string of the molecule is CCOC(=O)c1cncc(NC(C)c2ccc(OC)cc2)c1. The zero-order chi connectivity index (χ0) is 15.9. The van der Waals surface area contributed by atoms with Gasteiger partial charge in [0.15, 0.2) is 0 Å². The van der Waals surface area contributed by atoms with Crippen molar-refractivity contribution in [2.75, 3.05) is 19.0 Å². The van der Waals surface area contributed by atoms with Gasteiger partial charge in [-0.05, 0) is 37.6 Å². The summed E-state index contributed by atoms with van der Waals surface area (Å²) >= 11 is 0. The second kappa shape index (κ2) is 7.45. The van der Waals surface area contributed by atoms with Crippen LogP contribution in [0.3, 0.4) is 0 Å². The maximum absolute atomic E-state index is 11.7. The van der Waals surface area contributed by atoms with E-state index in [0.717, 1.165) is 17.0 Å². The molecule has 0 aliphatic carbocycles. The van der Waals surface area contributed by atoms with Crippen molar-refractivity contribution in [3.05, 3.63) is 53.9 Å². The van der Waals surface area contributed by atoms with Crippen LogP contribution in [0.5, 0.6) is 5.75 Å². The van der Waals surface area contributed by atoms with E-state index in [-0.39, 0.29) is 12.0 Å². The summed E-state index contributed by atoms with van der Waals surface area (Å²) in [6.07, 6.45) is 3.18. The van der Waals surface area contributed by atoms with Gasteiger partial charge >= 0.3 is 5.97 Å². The van der Waals surface area contributed by atoms with Gasteiger partial charge in [-0.3, -0.25) is 4.98 Å². The standard InChI is InChI=1S/C17H20N2O3/c1-4-22-17(20)14-9-15(11-18-10-14)19-12(2)13-5-7-16(21-3)8-6-13/h5-12,19H,4H2,1-3H3. The lowest BCUT2D eigenvalue weighted by Crippen LogP contribution is -2.09. The Labute approximate surface area is 130 Å². The molecule has 0 saturated carbocycles. The van der Waals surface area contributed by atoms with Crippen LogP contribution in [-0.4, -0.2) is 24.7 Å². The summed E-state index contributed by atoms with van der Waals surface area (Å²) in [4.78, 5) is 15.8. The van der Waals surface area contributed by atoms with Crippen LogP contribution >= 0.6 is 0 Å². The minimum atomic E-state index is -0.365. The van der Waals surface area contributed by atoms with Crippen LogP contribution in [0, 0.1) is 0 Å². The predicted molar refractivity (Wildman–Crippen MR) is 85.2 cm³/mol. The highest BCUT2D eigenvalue weighted by atomic mass is 16.5. The summed E-state index contributed by atoms with van der Waals surface area (Å²) in [5, 5.41) is 3.32. The number of nitrogens with zero attached hydrogens (tertiary/aromatic N) is 1. The van der Waals surface area contributed by atoms with E-state index in [0.29, 0.717) is 12.2 Å². The fourth-order valence-electron chi connectivity index (χ4n) is 2.07. The molecular weight excluding hydrogens is 280 g/mol. The third-order valence-electron chi connectivity index (χ3n) is 3.25. The summed E-state index contributed by atoms with van der Waals surface area (Å²) < 4.78 is 10.1. The van der Waals surface area contributed by atoms with Crippen molar-refractivity contribution < 1.29 is 14.3 Å². The molecule has 2 aromatic rings. The number of nitrogens with one attached hydrogen (secondary N) is 1. The molecule has 0 spiro atoms. The molecule has 0 aliphatic heterocycles. The average molecular weight is 300 g/mol. The Morgan fingerprint density at radius 1 is 1.27 bits per heavy atom. The number of hydrogen-bond donors (Lipinski definition) is 1. The van der Waals surface area contributed by atoms with E-state index in [2.05, 4.69) is 10.3 Å². The number of anilines is 1. The molecule has 0 amide bonds. The van der Waals surface area contributed by atoms with E-state index in [1.807, 2.05) is 31.2 Å². The molecule has 0 radical (unpaired) electrons. The molecule has 0 bridgehead atoms. The summed E-state index contributed by atoms with van der Waals surface area (Å²) in [6.45, 7) is 4.16. The molecule has 5 nitrogen and oxygen atoms in total. The predicted octanol–water partition coefficient (Wildman–Crippen LogP) is 3.44. The van der Waals surface area contributed by atoms with Crippen molar-refractivity contribution in [1.82, 2.24) is 4.98 Å². The van der Waals surface area contributed by atoms with E-state index in [1.165, 1.54) is 6.20 Å². The van der Waals surface area contributed by atoms with Crippen LogP contribution < -0.4 is 10.1 Å². The number of methoxy groups -OCH3 is 1. The topological polar surface area (TPSA) is 60.5 Å². The van der Waals surface area contributed by atoms with Gasteiger partial charge in [-0.25, -0.2) is 4.79 Å². The van der Waals surface area contributed by atoms with Gasteiger partial charge in [-0.15, -0.1) is 0 Å². The van der Waals surface area contributed by atoms with Crippen LogP contribution in [0.25, 0.3) is 0 Å².